The molecule has 0 saturated carbocycles. The fourth-order valence-corrected chi connectivity index (χ4v) is 6.41. The molecule has 6 rings (SSSR count). The van der Waals surface area contributed by atoms with Gasteiger partial charge < -0.3 is 15.0 Å². The third-order valence-electron chi connectivity index (χ3n) is 7.33. The Morgan fingerprint density at radius 3 is 2.79 bits per heavy atom. The summed E-state index contributed by atoms with van der Waals surface area (Å²) in [6, 6.07) is 20.0. The van der Waals surface area contributed by atoms with E-state index >= 15 is 0 Å². The van der Waals surface area contributed by atoms with E-state index in [0.717, 1.165) is 53.4 Å². The number of hydrogen-bond donors (Lipinski definition) is 1. The lowest BCUT2D eigenvalue weighted by Crippen LogP contribution is -2.33. The van der Waals surface area contributed by atoms with Gasteiger partial charge in [0.05, 0.1) is 16.3 Å². The van der Waals surface area contributed by atoms with Gasteiger partial charge in [-0.15, -0.1) is 11.3 Å². The molecule has 2 aliphatic heterocycles. The normalized spacial score (nSPS) is 16.4. The predicted octanol–water partition coefficient (Wildman–Crippen LogP) is 6.29. The Bertz CT molecular complexity index is 1540. The lowest BCUT2D eigenvalue weighted by atomic mass is 10.0. The first-order chi connectivity index (χ1) is 19.0. The van der Waals surface area contributed by atoms with Crippen molar-refractivity contribution in [1.82, 2.24) is 4.98 Å². The van der Waals surface area contributed by atoms with Gasteiger partial charge in [-0.3, -0.25) is 9.59 Å². The van der Waals surface area contributed by atoms with Crippen molar-refractivity contribution in [2.24, 2.45) is 5.92 Å². The molecule has 2 aromatic carbocycles. The maximum absolute atomic E-state index is 14.3. The van der Waals surface area contributed by atoms with Crippen LogP contribution in [0.2, 0.25) is 0 Å². The Kier molecular flexibility index (Phi) is 6.97. The van der Waals surface area contributed by atoms with Gasteiger partial charge in [0.1, 0.15) is 11.5 Å². The molecular weight excluding hydrogens is 513 g/mol. The SMILES string of the molecule is Cc1cccc(F)c1NC(=O)c1cc2c(s1)-c1ccccc1N(C(=O)c1cccc(C[C@@H]3CCOC3)n1)CC2. The highest BCUT2D eigenvalue weighted by atomic mass is 32.1. The zero-order valence-corrected chi connectivity index (χ0v) is 22.4. The van der Waals surface area contributed by atoms with Crippen molar-refractivity contribution in [2.45, 2.75) is 26.2 Å². The number of nitrogens with zero attached hydrogens (tertiary/aromatic N) is 2. The van der Waals surface area contributed by atoms with Crippen LogP contribution < -0.4 is 10.2 Å². The highest BCUT2D eigenvalue weighted by molar-refractivity contribution is 7.17. The second-order valence-electron chi connectivity index (χ2n) is 10.0. The number of nitrogens with one attached hydrogen (secondary N) is 1. The summed E-state index contributed by atoms with van der Waals surface area (Å²) in [5, 5.41) is 2.74. The van der Waals surface area contributed by atoms with Crippen LogP contribution in [0, 0.1) is 18.7 Å². The van der Waals surface area contributed by atoms with E-state index in [2.05, 4.69) is 5.32 Å². The lowest BCUT2D eigenvalue weighted by Gasteiger charge is -2.23. The molecular formula is C31H28FN3O3S. The molecule has 1 atom stereocenters. The minimum absolute atomic E-state index is 0.143. The zero-order chi connectivity index (χ0) is 26.9. The van der Waals surface area contributed by atoms with Crippen molar-refractivity contribution in [3.8, 4) is 10.4 Å². The van der Waals surface area contributed by atoms with E-state index in [1.807, 2.05) is 42.5 Å². The van der Waals surface area contributed by atoms with Crippen LogP contribution in [-0.2, 0) is 17.6 Å². The number of ether oxygens (including phenoxy) is 1. The van der Waals surface area contributed by atoms with Crippen molar-refractivity contribution in [3.05, 3.63) is 99.9 Å². The van der Waals surface area contributed by atoms with E-state index in [4.69, 9.17) is 9.72 Å². The van der Waals surface area contributed by atoms with Crippen LogP contribution in [0.15, 0.2) is 66.7 Å². The molecule has 0 radical (unpaired) electrons. The van der Waals surface area contributed by atoms with Gasteiger partial charge in [0.15, 0.2) is 0 Å². The number of fused-ring (bicyclic) bond motifs is 3. The zero-order valence-electron chi connectivity index (χ0n) is 21.6. The number of para-hydroxylation sites is 2. The summed E-state index contributed by atoms with van der Waals surface area (Å²) in [4.78, 5) is 34.8. The molecule has 6 nitrogen and oxygen atoms in total. The van der Waals surface area contributed by atoms with Crippen molar-refractivity contribution < 1.29 is 18.7 Å². The fraction of sp³-hybridized carbons (Fsp3) is 0.258. The maximum Gasteiger partial charge on any atom is 0.276 e. The number of pyridine rings is 1. The third kappa shape index (κ3) is 5.10. The average Bonchev–Trinajstić information content (AvgIpc) is 3.59. The standard InChI is InChI=1S/C31H28FN3O3S/c1-19-6-4-9-24(32)28(19)34-30(36)27-17-21-12-14-35(26-11-3-2-8-23(26)29(21)39-27)31(37)25-10-5-7-22(33-25)16-20-13-15-38-18-20/h2-11,17,20H,12-16,18H2,1H3,(H,34,36)/t20-/m0/s1. The molecule has 1 N–H and O–H groups in total. The van der Waals surface area contributed by atoms with Crippen LogP contribution in [-0.4, -0.2) is 36.6 Å². The average molecular weight is 542 g/mol. The lowest BCUT2D eigenvalue weighted by molar-refractivity contribution is 0.0980. The van der Waals surface area contributed by atoms with Gasteiger partial charge in [-0.1, -0.05) is 36.4 Å². The molecule has 1 saturated heterocycles. The first-order valence-corrected chi connectivity index (χ1v) is 13.9. The number of hydrogen-bond acceptors (Lipinski definition) is 5. The molecule has 2 amide bonds. The summed E-state index contributed by atoms with van der Waals surface area (Å²) in [7, 11) is 0. The van der Waals surface area contributed by atoms with Crippen molar-refractivity contribution in [3.63, 3.8) is 0 Å². The minimum Gasteiger partial charge on any atom is -0.381 e. The van der Waals surface area contributed by atoms with E-state index in [1.165, 1.54) is 17.4 Å². The highest BCUT2D eigenvalue weighted by Crippen LogP contribution is 2.42. The molecule has 0 aliphatic carbocycles. The number of halogens is 1. The van der Waals surface area contributed by atoms with Crippen LogP contribution in [0.1, 0.15) is 43.4 Å². The quantitative estimate of drug-likeness (QED) is 0.322. The smallest absolute Gasteiger partial charge is 0.276 e. The molecule has 8 heteroatoms. The summed E-state index contributed by atoms with van der Waals surface area (Å²) >= 11 is 1.36. The molecule has 4 aromatic rings. The van der Waals surface area contributed by atoms with Gasteiger partial charge in [0.2, 0.25) is 0 Å². The van der Waals surface area contributed by atoms with Gasteiger partial charge in [-0.25, -0.2) is 9.37 Å². The molecule has 2 aliphatic rings. The molecule has 0 spiro atoms. The van der Waals surface area contributed by atoms with Crippen LogP contribution in [0.4, 0.5) is 15.8 Å². The van der Waals surface area contributed by atoms with Gasteiger partial charge in [0.25, 0.3) is 11.8 Å². The molecule has 4 heterocycles. The molecule has 198 valence electrons. The number of rotatable bonds is 5. The van der Waals surface area contributed by atoms with Crippen LogP contribution in [0.25, 0.3) is 10.4 Å². The van der Waals surface area contributed by atoms with Crippen molar-refractivity contribution in [1.29, 1.82) is 0 Å². The van der Waals surface area contributed by atoms with Gasteiger partial charge in [-0.2, -0.15) is 0 Å². The number of aryl methyl sites for hydroxylation is 1. The Labute approximate surface area is 230 Å². The summed E-state index contributed by atoms with van der Waals surface area (Å²) in [6.45, 7) is 3.74. The number of amides is 2. The van der Waals surface area contributed by atoms with E-state index in [1.54, 1.807) is 30.0 Å². The Hall–Kier alpha value is -3.88. The summed E-state index contributed by atoms with van der Waals surface area (Å²) in [5.74, 6) is -0.517. The monoisotopic (exact) mass is 541 g/mol. The Morgan fingerprint density at radius 1 is 1.13 bits per heavy atom. The van der Waals surface area contributed by atoms with Crippen LogP contribution in [0.3, 0.4) is 0 Å². The Balaban J connectivity index is 1.28. The van der Waals surface area contributed by atoms with Crippen LogP contribution >= 0.6 is 11.3 Å². The number of carbonyl (C=O) groups is 2. The number of carbonyl (C=O) groups excluding carboxylic acids is 2. The van der Waals surface area contributed by atoms with Gasteiger partial charge in [0, 0.05) is 35.9 Å². The molecule has 0 bridgehead atoms. The highest BCUT2D eigenvalue weighted by Gasteiger charge is 2.28. The molecule has 1 fully saturated rings. The molecule has 0 unspecified atom stereocenters. The fourth-order valence-electron chi connectivity index (χ4n) is 5.28. The second kappa shape index (κ2) is 10.7. The first kappa shape index (κ1) is 25.4. The van der Waals surface area contributed by atoms with E-state index in [0.29, 0.717) is 35.0 Å². The van der Waals surface area contributed by atoms with Crippen molar-refractivity contribution >= 4 is 34.5 Å². The van der Waals surface area contributed by atoms with Gasteiger partial charge in [-0.05, 0) is 73.6 Å². The molecule has 39 heavy (non-hydrogen) atoms. The van der Waals surface area contributed by atoms with E-state index in [9.17, 15) is 14.0 Å². The third-order valence-corrected chi connectivity index (χ3v) is 8.54. The predicted molar refractivity (Wildman–Crippen MR) is 151 cm³/mol. The summed E-state index contributed by atoms with van der Waals surface area (Å²) in [6.07, 6.45) is 2.39. The number of anilines is 2. The van der Waals surface area contributed by atoms with Crippen molar-refractivity contribution in [2.75, 3.05) is 30.0 Å². The van der Waals surface area contributed by atoms with E-state index in [-0.39, 0.29) is 17.5 Å². The van der Waals surface area contributed by atoms with Crippen LogP contribution in [0.5, 0.6) is 0 Å². The van der Waals surface area contributed by atoms with Gasteiger partial charge >= 0.3 is 0 Å². The Morgan fingerprint density at radius 2 is 1.97 bits per heavy atom. The number of thiophene rings is 1. The first-order valence-electron chi connectivity index (χ1n) is 13.1. The number of benzene rings is 2. The summed E-state index contributed by atoms with van der Waals surface area (Å²) < 4.78 is 19.8. The minimum atomic E-state index is -0.463. The van der Waals surface area contributed by atoms with E-state index < -0.39 is 5.82 Å². The topological polar surface area (TPSA) is 71.5 Å². The molecule has 2 aromatic heterocycles. The summed E-state index contributed by atoms with van der Waals surface area (Å²) in [5.41, 5.74) is 4.85. The second-order valence-corrected chi connectivity index (χ2v) is 11.1. The largest absolute Gasteiger partial charge is 0.381 e. The maximum atomic E-state index is 14.3. The number of aromatic nitrogens is 1.